The van der Waals surface area contributed by atoms with Gasteiger partial charge in [0.05, 0.1) is 11.1 Å². The molecule has 0 bridgehead atoms. The third kappa shape index (κ3) is 3.64. The summed E-state index contributed by atoms with van der Waals surface area (Å²) in [5.74, 6) is 0.338. The number of carbonyl (C=O) groups is 1. The van der Waals surface area contributed by atoms with Crippen molar-refractivity contribution < 1.29 is 15.0 Å². The monoisotopic (exact) mass is 390 g/mol. The molecule has 1 aliphatic carbocycles. The summed E-state index contributed by atoms with van der Waals surface area (Å²) in [4.78, 5) is 11.3. The molecule has 1 fully saturated rings. The van der Waals surface area contributed by atoms with Gasteiger partial charge in [-0.15, -0.1) is 10.2 Å². The summed E-state index contributed by atoms with van der Waals surface area (Å²) in [7, 11) is 0. The highest BCUT2D eigenvalue weighted by molar-refractivity contribution is 5.81. The molecule has 1 amide bonds. The van der Waals surface area contributed by atoms with Gasteiger partial charge in [0.1, 0.15) is 11.5 Å². The van der Waals surface area contributed by atoms with Gasteiger partial charge < -0.3 is 21.3 Å². The van der Waals surface area contributed by atoms with E-state index in [0.717, 1.165) is 22.3 Å². The second-order valence-corrected chi connectivity index (χ2v) is 7.84. The number of nitrogens with one attached hydrogen (secondary N) is 1. The molecule has 1 saturated carbocycles. The van der Waals surface area contributed by atoms with E-state index in [1.165, 1.54) is 0 Å². The molecule has 7 nitrogen and oxygen atoms in total. The number of rotatable bonds is 4. The van der Waals surface area contributed by atoms with Crippen LogP contribution in [0.3, 0.4) is 0 Å². The van der Waals surface area contributed by atoms with Gasteiger partial charge in [-0.3, -0.25) is 0 Å². The van der Waals surface area contributed by atoms with E-state index in [4.69, 9.17) is 5.73 Å². The maximum Gasteiger partial charge on any atom is 0.405 e. The lowest BCUT2D eigenvalue weighted by molar-refractivity contribution is -0.0858. The summed E-state index contributed by atoms with van der Waals surface area (Å²) < 4.78 is 0. The van der Waals surface area contributed by atoms with Crippen LogP contribution in [0, 0.1) is 0 Å². The first-order valence-corrected chi connectivity index (χ1v) is 9.31. The van der Waals surface area contributed by atoms with E-state index in [2.05, 4.69) is 15.5 Å². The highest BCUT2D eigenvalue weighted by Crippen LogP contribution is 2.48. The molecule has 29 heavy (non-hydrogen) atoms. The standard InChI is InChI=1S/C22H22N4O3/c1-21(29)12-22(13-21,24-20(27)28)16-9-7-15(8-10-16)19-17(11-18(23)25-26-19)14-5-3-2-4-6-14/h2-11,24,29H,12-13H2,1H3,(H2,23,25)(H,27,28)/t21-,22+. The van der Waals surface area contributed by atoms with Crippen LogP contribution in [0.25, 0.3) is 22.4 Å². The van der Waals surface area contributed by atoms with Gasteiger partial charge in [0.25, 0.3) is 0 Å². The summed E-state index contributed by atoms with van der Waals surface area (Å²) in [5, 5.41) is 30.3. The van der Waals surface area contributed by atoms with Crippen LogP contribution in [-0.2, 0) is 5.54 Å². The van der Waals surface area contributed by atoms with E-state index in [1.807, 2.05) is 54.6 Å². The van der Waals surface area contributed by atoms with Crippen LogP contribution in [0.2, 0.25) is 0 Å². The van der Waals surface area contributed by atoms with Crippen LogP contribution >= 0.6 is 0 Å². The van der Waals surface area contributed by atoms with Crippen molar-refractivity contribution >= 4 is 11.9 Å². The van der Waals surface area contributed by atoms with Crippen molar-refractivity contribution in [3.05, 3.63) is 66.2 Å². The smallest absolute Gasteiger partial charge is 0.405 e. The number of amides is 1. The fourth-order valence-corrected chi connectivity index (χ4v) is 4.22. The molecule has 0 unspecified atom stereocenters. The molecule has 1 aromatic heterocycles. The summed E-state index contributed by atoms with van der Waals surface area (Å²) in [6.07, 6.45) is -0.467. The normalized spacial score (nSPS) is 23.2. The van der Waals surface area contributed by atoms with E-state index >= 15 is 0 Å². The predicted molar refractivity (Wildman–Crippen MR) is 110 cm³/mol. The molecule has 4 rings (SSSR count). The third-order valence-electron chi connectivity index (χ3n) is 5.32. The SMILES string of the molecule is C[C@]1(O)C[C@](NC(=O)O)(c2ccc(-c3nnc(N)cc3-c3ccccc3)cc2)C1. The van der Waals surface area contributed by atoms with Crippen molar-refractivity contribution in [1.29, 1.82) is 0 Å². The lowest BCUT2D eigenvalue weighted by Crippen LogP contribution is -2.61. The van der Waals surface area contributed by atoms with Crippen LogP contribution in [0.5, 0.6) is 0 Å². The van der Waals surface area contributed by atoms with Gasteiger partial charge in [-0.25, -0.2) is 4.79 Å². The molecule has 3 aromatic rings. The topological polar surface area (TPSA) is 121 Å². The average Bonchev–Trinajstić information content (AvgIpc) is 2.67. The Balaban J connectivity index is 1.71. The Morgan fingerprint density at radius 3 is 2.28 bits per heavy atom. The van der Waals surface area contributed by atoms with Gasteiger partial charge in [-0.05, 0) is 24.1 Å². The van der Waals surface area contributed by atoms with E-state index in [-0.39, 0.29) is 0 Å². The van der Waals surface area contributed by atoms with E-state index < -0.39 is 17.2 Å². The molecule has 0 aliphatic heterocycles. The predicted octanol–water partition coefficient (Wildman–Crippen LogP) is 3.40. The maximum absolute atomic E-state index is 11.3. The van der Waals surface area contributed by atoms with E-state index in [0.29, 0.717) is 24.4 Å². The van der Waals surface area contributed by atoms with Crippen molar-refractivity contribution in [2.75, 3.05) is 5.73 Å². The van der Waals surface area contributed by atoms with Crippen molar-refractivity contribution in [3.8, 4) is 22.4 Å². The molecular weight excluding hydrogens is 368 g/mol. The van der Waals surface area contributed by atoms with Crippen LogP contribution in [0.15, 0.2) is 60.7 Å². The number of nitrogens with two attached hydrogens (primary N) is 1. The lowest BCUT2D eigenvalue weighted by atomic mass is 9.62. The van der Waals surface area contributed by atoms with Crippen molar-refractivity contribution in [1.82, 2.24) is 15.5 Å². The molecule has 2 aromatic carbocycles. The Bertz CT molecular complexity index is 1040. The molecule has 0 radical (unpaired) electrons. The molecular formula is C22H22N4O3. The Hall–Kier alpha value is -3.45. The van der Waals surface area contributed by atoms with Gasteiger partial charge in [0.2, 0.25) is 0 Å². The number of nitrogen functional groups attached to an aromatic ring is 1. The molecule has 0 saturated heterocycles. The molecule has 148 valence electrons. The van der Waals surface area contributed by atoms with Crippen LogP contribution < -0.4 is 11.1 Å². The molecule has 0 atom stereocenters. The molecule has 7 heteroatoms. The lowest BCUT2D eigenvalue weighted by Gasteiger charge is -2.51. The van der Waals surface area contributed by atoms with Gasteiger partial charge in [0, 0.05) is 24.0 Å². The summed E-state index contributed by atoms with van der Waals surface area (Å²) in [6, 6.07) is 19.1. The summed E-state index contributed by atoms with van der Waals surface area (Å²) in [6.45, 7) is 1.71. The fraction of sp³-hybridized carbons (Fsp3) is 0.227. The number of aliphatic hydroxyl groups is 1. The minimum Gasteiger partial charge on any atom is -0.465 e. The number of aromatic nitrogens is 2. The first-order chi connectivity index (χ1) is 13.8. The van der Waals surface area contributed by atoms with Gasteiger partial charge in [-0.1, -0.05) is 54.6 Å². The van der Waals surface area contributed by atoms with Crippen LogP contribution in [0.4, 0.5) is 10.6 Å². The van der Waals surface area contributed by atoms with E-state index in [9.17, 15) is 15.0 Å². The zero-order valence-electron chi connectivity index (χ0n) is 16.0. The Labute approximate surface area is 168 Å². The zero-order chi connectivity index (χ0) is 20.6. The van der Waals surface area contributed by atoms with Gasteiger partial charge in [0.15, 0.2) is 0 Å². The third-order valence-corrected chi connectivity index (χ3v) is 5.32. The first-order valence-electron chi connectivity index (χ1n) is 9.31. The van der Waals surface area contributed by atoms with Crippen molar-refractivity contribution in [3.63, 3.8) is 0 Å². The number of carboxylic acid groups (broad SMARTS) is 1. The number of hydrogen-bond acceptors (Lipinski definition) is 5. The number of anilines is 1. The van der Waals surface area contributed by atoms with Crippen molar-refractivity contribution in [2.24, 2.45) is 0 Å². The van der Waals surface area contributed by atoms with Gasteiger partial charge in [-0.2, -0.15) is 0 Å². The second kappa shape index (κ2) is 6.86. The Morgan fingerprint density at radius 1 is 1.03 bits per heavy atom. The molecule has 1 aliphatic rings. The average molecular weight is 390 g/mol. The van der Waals surface area contributed by atoms with Crippen LogP contribution in [0.1, 0.15) is 25.3 Å². The summed E-state index contributed by atoms with van der Waals surface area (Å²) >= 11 is 0. The maximum atomic E-state index is 11.3. The Morgan fingerprint density at radius 2 is 1.69 bits per heavy atom. The Kier molecular flexibility index (Phi) is 4.47. The van der Waals surface area contributed by atoms with Crippen molar-refractivity contribution in [2.45, 2.75) is 30.9 Å². The van der Waals surface area contributed by atoms with Gasteiger partial charge >= 0.3 is 6.09 Å². The molecule has 5 N–H and O–H groups in total. The molecule has 1 heterocycles. The number of hydrogen-bond donors (Lipinski definition) is 4. The number of nitrogens with zero attached hydrogens (tertiary/aromatic N) is 2. The fourth-order valence-electron chi connectivity index (χ4n) is 4.22. The van der Waals surface area contributed by atoms with E-state index in [1.54, 1.807) is 13.0 Å². The minimum atomic E-state index is -1.11. The first kappa shape index (κ1) is 18.9. The second-order valence-electron chi connectivity index (χ2n) is 7.84. The molecule has 0 spiro atoms. The zero-order valence-corrected chi connectivity index (χ0v) is 16.0. The quantitative estimate of drug-likeness (QED) is 0.542. The minimum absolute atomic E-state index is 0.322. The van der Waals surface area contributed by atoms with Crippen LogP contribution in [-0.4, -0.2) is 32.1 Å². The highest BCUT2D eigenvalue weighted by Gasteiger charge is 2.53. The summed E-state index contributed by atoms with van der Waals surface area (Å²) in [5.41, 5.74) is 8.38. The number of benzene rings is 2. The largest absolute Gasteiger partial charge is 0.465 e. The highest BCUT2D eigenvalue weighted by atomic mass is 16.4.